The van der Waals surface area contributed by atoms with Gasteiger partial charge < -0.3 is 10.1 Å². The Morgan fingerprint density at radius 3 is 2.76 bits per heavy atom. The molecule has 3 rings (SSSR count). The second kappa shape index (κ2) is 5.06. The number of fused-ring (bicyclic) bond motifs is 1. The van der Waals surface area contributed by atoms with E-state index >= 15 is 0 Å². The highest BCUT2D eigenvalue weighted by atomic mass is 16.5. The molecule has 0 unspecified atom stereocenters. The number of hydrogen-bond acceptors (Lipinski definition) is 3. The lowest BCUT2D eigenvalue weighted by Gasteiger charge is -2.16. The Morgan fingerprint density at radius 1 is 1.19 bits per heavy atom. The second-order valence-corrected chi connectivity index (χ2v) is 6.42. The maximum absolute atomic E-state index is 5.91. The summed E-state index contributed by atoms with van der Waals surface area (Å²) in [5, 5.41) is 3.47. The van der Waals surface area contributed by atoms with Crippen molar-refractivity contribution in [2.45, 2.75) is 46.3 Å². The smallest absolute Gasteiger partial charge is 0.123 e. The molecule has 1 aromatic carbocycles. The van der Waals surface area contributed by atoms with Gasteiger partial charge in [0.2, 0.25) is 0 Å². The number of aromatic nitrogens is 1. The van der Waals surface area contributed by atoms with Gasteiger partial charge in [0, 0.05) is 18.7 Å². The molecule has 2 heterocycles. The Kier molecular flexibility index (Phi) is 3.36. The van der Waals surface area contributed by atoms with Gasteiger partial charge in [0.1, 0.15) is 11.4 Å². The van der Waals surface area contributed by atoms with E-state index in [-0.39, 0.29) is 5.60 Å². The van der Waals surface area contributed by atoms with Crippen LogP contribution in [-0.4, -0.2) is 10.6 Å². The van der Waals surface area contributed by atoms with Crippen LogP contribution in [0.25, 0.3) is 0 Å². The normalized spacial score (nSPS) is 15.4. The lowest BCUT2D eigenvalue weighted by Crippen LogP contribution is -2.24. The van der Waals surface area contributed by atoms with Gasteiger partial charge in [-0.1, -0.05) is 12.1 Å². The molecule has 2 aromatic rings. The summed E-state index contributed by atoms with van der Waals surface area (Å²) >= 11 is 0. The van der Waals surface area contributed by atoms with E-state index in [4.69, 9.17) is 4.74 Å². The van der Waals surface area contributed by atoms with Gasteiger partial charge in [0.05, 0.1) is 11.4 Å². The molecular formula is C18H22N2O. The number of rotatable bonds is 3. The summed E-state index contributed by atoms with van der Waals surface area (Å²) in [6, 6.07) is 10.6. The number of nitrogens with one attached hydrogen (secondary N) is 1. The summed E-state index contributed by atoms with van der Waals surface area (Å²) in [5.74, 6) is 1.02. The molecule has 21 heavy (non-hydrogen) atoms. The number of aryl methyl sites for hydroxylation is 2. The summed E-state index contributed by atoms with van der Waals surface area (Å²) in [7, 11) is 0. The number of nitrogens with zero attached hydrogens (tertiary/aromatic N) is 1. The van der Waals surface area contributed by atoms with Crippen molar-refractivity contribution in [3.63, 3.8) is 0 Å². The standard InChI is InChI=1S/C18H22N2O/c1-12-5-7-16(13(2)20-12)19-11-14-6-8-17-15(9-14)10-18(3,4)21-17/h5-9,19H,10-11H2,1-4H3. The molecule has 0 saturated heterocycles. The van der Waals surface area contributed by atoms with Crippen LogP contribution in [0.5, 0.6) is 5.75 Å². The topological polar surface area (TPSA) is 34.1 Å². The van der Waals surface area contributed by atoms with Crippen LogP contribution in [0.1, 0.15) is 36.4 Å². The van der Waals surface area contributed by atoms with Gasteiger partial charge in [-0.3, -0.25) is 4.98 Å². The fraction of sp³-hybridized carbons (Fsp3) is 0.389. The maximum Gasteiger partial charge on any atom is 0.123 e. The van der Waals surface area contributed by atoms with Crippen molar-refractivity contribution in [3.05, 3.63) is 52.8 Å². The highest BCUT2D eigenvalue weighted by Gasteiger charge is 2.29. The third-order valence-corrected chi connectivity index (χ3v) is 3.84. The molecule has 1 aliphatic rings. The van der Waals surface area contributed by atoms with Crippen LogP contribution in [0.2, 0.25) is 0 Å². The van der Waals surface area contributed by atoms with Gasteiger partial charge in [0.25, 0.3) is 0 Å². The molecule has 0 saturated carbocycles. The summed E-state index contributed by atoms with van der Waals surface area (Å²) < 4.78 is 5.91. The summed E-state index contributed by atoms with van der Waals surface area (Å²) in [4.78, 5) is 4.48. The van der Waals surface area contributed by atoms with Crippen LogP contribution < -0.4 is 10.1 Å². The zero-order valence-corrected chi connectivity index (χ0v) is 13.2. The van der Waals surface area contributed by atoms with Crippen molar-refractivity contribution < 1.29 is 4.74 Å². The van der Waals surface area contributed by atoms with Gasteiger partial charge in [-0.25, -0.2) is 0 Å². The minimum Gasteiger partial charge on any atom is -0.487 e. The van der Waals surface area contributed by atoms with Crippen molar-refractivity contribution in [1.29, 1.82) is 0 Å². The molecule has 0 fully saturated rings. The number of ether oxygens (including phenoxy) is 1. The van der Waals surface area contributed by atoms with Gasteiger partial charge in [-0.05, 0) is 57.0 Å². The molecule has 0 amide bonds. The largest absolute Gasteiger partial charge is 0.487 e. The maximum atomic E-state index is 5.91. The monoisotopic (exact) mass is 282 g/mol. The Bertz CT molecular complexity index is 677. The van der Waals surface area contributed by atoms with E-state index < -0.39 is 0 Å². The van der Waals surface area contributed by atoms with E-state index in [1.54, 1.807) is 0 Å². The van der Waals surface area contributed by atoms with Crippen LogP contribution in [0.3, 0.4) is 0 Å². The number of benzene rings is 1. The van der Waals surface area contributed by atoms with Crippen LogP contribution >= 0.6 is 0 Å². The number of pyridine rings is 1. The molecular weight excluding hydrogens is 260 g/mol. The van der Waals surface area contributed by atoms with Crippen molar-refractivity contribution in [2.24, 2.45) is 0 Å². The van der Waals surface area contributed by atoms with Gasteiger partial charge in [-0.15, -0.1) is 0 Å². The highest BCUT2D eigenvalue weighted by molar-refractivity contribution is 5.49. The molecule has 110 valence electrons. The number of hydrogen-bond donors (Lipinski definition) is 1. The van der Waals surface area contributed by atoms with Crippen molar-refractivity contribution in [1.82, 2.24) is 4.98 Å². The summed E-state index contributed by atoms with van der Waals surface area (Å²) in [5.41, 5.74) is 5.69. The zero-order chi connectivity index (χ0) is 15.0. The van der Waals surface area contributed by atoms with E-state index in [1.165, 1.54) is 11.1 Å². The quantitative estimate of drug-likeness (QED) is 0.923. The first-order chi connectivity index (χ1) is 9.93. The predicted molar refractivity (Wildman–Crippen MR) is 85.9 cm³/mol. The second-order valence-electron chi connectivity index (χ2n) is 6.42. The third kappa shape index (κ3) is 3.02. The van der Waals surface area contributed by atoms with E-state index in [0.717, 1.165) is 35.8 Å². The number of anilines is 1. The fourth-order valence-corrected chi connectivity index (χ4v) is 2.84. The van der Waals surface area contributed by atoms with Crippen molar-refractivity contribution in [3.8, 4) is 5.75 Å². The molecule has 0 bridgehead atoms. The molecule has 3 nitrogen and oxygen atoms in total. The lowest BCUT2D eigenvalue weighted by molar-refractivity contribution is 0.138. The van der Waals surface area contributed by atoms with Crippen LogP contribution in [0.15, 0.2) is 30.3 Å². The Hall–Kier alpha value is -2.03. The molecule has 0 aliphatic carbocycles. The minimum absolute atomic E-state index is 0.0775. The average molecular weight is 282 g/mol. The average Bonchev–Trinajstić information content (AvgIpc) is 2.70. The molecule has 1 aliphatic heterocycles. The van der Waals surface area contributed by atoms with Crippen LogP contribution in [0, 0.1) is 13.8 Å². The fourth-order valence-electron chi connectivity index (χ4n) is 2.84. The zero-order valence-electron chi connectivity index (χ0n) is 13.2. The van der Waals surface area contributed by atoms with Gasteiger partial charge >= 0.3 is 0 Å². The SMILES string of the molecule is Cc1ccc(NCc2ccc3c(c2)CC(C)(C)O3)c(C)n1. The molecule has 0 spiro atoms. The van der Waals surface area contributed by atoms with Crippen LogP contribution in [0.4, 0.5) is 5.69 Å². The van der Waals surface area contributed by atoms with E-state index in [1.807, 2.05) is 19.9 Å². The Labute approximate surface area is 126 Å². The Morgan fingerprint density at radius 2 is 2.00 bits per heavy atom. The third-order valence-electron chi connectivity index (χ3n) is 3.84. The highest BCUT2D eigenvalue weighted by Crippen LogP contribution is 2.35. The van der Waals surface area contributed by atoms with Crippen molar-refractivity contribution in [2.75, 3.05) is 5.32 Å². The molecule has 0 atom stereocenters. The first-order valence-electron chi connectivity index (χ1n) is 7.42. The molecule has 0 radical (unpaired) electrons. The van der Waals surface area contributed by atoms with Gasteiger partial charge in [0.15, 0.2) is 0 Å². The van der Waals surface area contributed by atoms with E-state index in [9.17, 15) is 0 Å². The predicted octanol–water partition coefficient (Wildman–Crippen LogP) is 4.02. The minimum atomic E-state index is -0.0775. The first-order valence-corrected chi connectivity index (χ1v) is 7.42. The summed E-state index contributed by atoms with van der Waals surface area (Å²) in [6.45, 7) is 9.12. The van der Waals surface area contributed by atoms with Crippen molar-refractivity contribution >= 4 is 5.69 Å². The van der Waals surface area contributed by atoms with Gasteiger partial charge in [-0.2, -0.15) is 0 Å². The lowest BCUT2D eigenvalue weighted by atomic mass is 10.0. The van der Waals surface area contributed by atoms with Crippen LogP contribution in [-0.2, 0) is 13.0 Å². The van der Waals surface area contributed by atoms with E-state index in [2.05, 4.69) is 48.4 Å². The van der Waals surface area contributed by atoms with E-state index in [0.29, 0.717) is 0 Å². The molecule has 1 aromatic heterocycles. The Balaban J connectivity index is 1.72. The summed E-state index contributed by atoms with van der Waals surface area (Å²) in [6.07, 6.45) is 0.974. The molecule has 3 heteroatoms. The molecule has 1 N–H and O–H groups in total. The first kappa shape index (κ1) is 13.9.